The van der Waals surface area contributed by atoms with E-state index in [0.717, 1.165) is 0 Å². The number of hydrogen-bond donors (Lipinski definition) is 0. The molecule has 0 amide bonds. The van der Waals surface area contributed by atoms with Gasteiger partial charge in [0.1, 0.15) is 0 Å². The highest BCUT2D eigenvalue weighted by Crippen LogP contribution is 2.39. The van der Waals surface area contributed by atoms with E-state index in [2.05, 4.69) is 372 Å². The number of fused-ring (bicyclic) bond motifs is 4. The van der Waals surface area contributed by atoms with Gasteiger partial charge in [0, 0.05) is 5.56 Å². The molecule has 0 atom stereocenters. The lowest BCUT2D eigenvalue weighted by atomic mass is 9.58. The lowest BCUT2D eigenvalue weighted by Gasteiger charge is -2.23. The van der Waals surface area contributed by atoms with Crippen LogP contribution in [0.2, 0.25) is 0 Å². The molecule has 2 aliphatic rings. The summed E-state index contributed by atoms with van der Waals surface area (Å²) in [4.78, 5) is 0. The highest BCUT2D eigenvalue weighted by atomic mass is 19.2. The molecule has 0 aliphatic carbocycles. The first-order valence-corrected chi connectivity index (χ1v) is 58.4. The van der Waals surface area contributed by atoms with Crippen molar-refractivity contribution in [1.29, 1.82) is 0 Å². The fourth-order valence-corrected chi connectivity index (χ4v) is 11.5. The van der Waals surface area contributed by atoms with Crippen molar-refractivity contribution in [2.24, 2.45) is 16.2 Å². The van der Waals surface area contributed by atoms with Crippen molar-refractivity contribution < 1.29 is 22.0 Å². The van der Waals surface area contributed by atoms with E-state index in [9.17, 15) is 22.0 Å². The third-order valence-electron chi connectivity index (χ3n) is 16.3. The molecule has 0 saturated carbocycles. The minimum atomic E-state index is -2.13. The molecule has 0 fully saturated rings. The van der Waals surface area contributed by atoms with Crippen LogP contribution in [0.25, 0.3) is 43.8 Å². The van der Waals surface area contributed by atoms with Crippen LogP contribution in [0.1, 0.15) is 532 Å². The van der Waals surface area contributed by atoms with Crippen LogP contribution in [0.5, 0.6) is 0 Å². The quantitative estimate of drug-likeness (QED) is 0.0665. The van der Waals surface area contributed by atoms with Gasteiger partial charge < -0.3 is 0 Å². The van der Waals surface area contributed by atoms with E-state index >= 15 is 0 Å². The van der Waals surface area contributed by atoms with Gasteiger partial charge in [0.2, 0.25) is 5.82 Å². The molecule has 0 N–H and O–H groups in total. The highest BCUT2D eigenvalue weighted by molar-refractivity contribution is 6.66. The molecule has 0 nitrogen and oxygen atoms in total. The lowest BCUT2D eigenvalue weighted by molar-refractivity contribution is 0.353. The molecule has 12 rings (SSSR count). The van der Waals surface area contributed by atoms with Crippen molar-refractivity contribution in [3.05, 3.63) is 298 Å². The molecule has 0 bridgehead atoms. The van der Waals surface area contributed by atoms with E-state index < -0.39 is 40.1 Å². The van der Waals surface area contributed by atoms with Gasteiger partial charge in [-0.1, -0.05) is 738 Å². The highest BCUT2D eigenvalue weighted by Gasteiger charge is 2.33. The van der Waals surface area contributed by atoms with Crippen LogP contribution in [0.15, 0.2) is 235 Å². The third-order valence-corrected chi connectivity index (χ3v) is 16.3. The summed E-state index contributed by atoms with van der Waals surface area (Å²) in [6.07, 6.45) is 0. The molecule has 7 heteroatoms. The summed E-state index contributed by atoms with van der Waals surface area (Å²) in [6.45, 7) is 147. The van der Waals surface area contributed by atoms with E-state index in [1.165, 1.54) is 114 Å². The lowest BCUT2D eigenvalue weighted by Crippen LogP contribution is -2.20. The molecule has 0 saturated heterocycles. The topological polar surface area (TPSA) is 0 Å². The van der Waals surface area contributed by atoms with Crippen molar-refractivity contribution in [2.75, 3.05) is 0 Å². The molecule has 2 aliphatic heterocycles. The SMILES string of the molecule is CC.CC.CC.CC.CC.CC.CC.CC.CC.CC.CC.CC.CC.CC.CC.CC.CC.CC.CC.CC.CC.CC.CC.CC.CC(C)(C)C.CC(C)(C)c1c(F)c(F)c(F)c(F)c1F.CC(C)(C)c1ccc2ccccc2c1.CC(C)(C)c1cccc2ccccc12.CC(C)(C)c1ccccc1.CC1=C(C(C)(C)C)[B]c2ccccc21.CC1=C(C(C)(C)C)c2ccccc2[B]1.c1ccc(-c2ccccc2)cc1. The standard InChI is InChI=1S/2C14H16.2C13H16B.C12H10.C10H9F5.C10H14.C5H12.24C2H6/c1-14(2,3)13-10-6-8-11-7-4-5-9-12(11)13;1-14(2,3)13-9-8-11-6-4-5-7-12(11)10-13;1-9-12(13(2,3)4)10-7-5-6-8-11(10)14-9;1-9-10-7-5-6-8-11(10)14-12(9)13(2,3)4;1-3-7-11(8-4-1)12-9-5-2-6-10-12;1-10(2,3)4-5(11)7(13)9(15)8(14)6(4)12;1-10(2,3)9-7-5-4-6-8-9;1-5(2,3)4;24*1-2/h2*4-10H,1-3H3;2*5-8H,1-4H3;1-10H;1-3H3;4-8H,1-3H3;1-4H3;24*1-2H3. The van der Waals surface area contributed by atoms with Crippen molar-refractivity contribution >= 4 is 58.2 Å². The van der Waals surface area contributed by atoms with Crippen LogP contribution in [0, 0.1) is 45.3 Å². The molecule has 2 radical (unpaired) electrons. The maximum Gasteiger partial charge on any atom is 0.200 e. The van der Waals surface area contributed by atoms with Crippen molar-refractivity contribution in [1.82, 2.24) is 0 Å². The molecule has 0 spiro atoms. The second kappa shape index (κ2) is 126. The van der Waals surface area contributed by atoms with Crippen LogP contribution < -0.4 is 10.9 Å². The van der Waals surface area contributed by atoms with Gasteiger partial charge in [0.15, 0.2) is 37.8 Å². The summed E-state index contributed by atoms with van der Waals surface area (Å²) in [5.74, 6) is -9.46. The van der Waals surface area contributed by atoms with Gasteiger partial charge in [0.05, 0.1) is 0 Å². The first-order valence-electron chi connectivity index (χ1n) is 58.4. The van der Waals surface area contributed by atoms with Crippen molar-refractivity contribution in [3.8, 4) is 11.1 Å². The fourth-order valence-electron chi connectivity index (χ4n) is 11.5. The summed E-state index contributed by atoms with van der Waals surface area (Å²) in [6, 6.07) is 78.9. The summed E-state index contributed by atoms with van der Waals surface area (Å²) >= 11 is 0. The Labute approximate surface area is 919 Å². The first kappa shape index (κ1) is 186. The van der Waals surface area contributed by atoms with Crippen molar-refractivity contribution in [3.63, 3.8) is 0 Å². The molecule has 850 valence electrons. The fraction of sp³-hybridized carbons (Fsp3) is 0.568. The Hall–Kier alpha value is -8.02. The Bertz CT molecular complexity index is 4160. The summed E-state index contributed by atoms with van der Waals surface area (Å²) in [5, 5.41) is 5.36. The zero-order valence-electron chi connectivity index (χ0n) is 111. The molecule has 2 heterocycles. The van der Waals surface area contributed by atoms with Crippen LogP contribution in [-0.2, 0) is 21.7 Å². The predicted octanol–water partition coefficient (Wildman–Crippen LogP) is 50.6. The average Bonchev–Trinajstić information content (AvgIpc) is 1.30. The van der Waals surface area contributed by atoms with E-state index in [1.807, 2.05) is 344 Å². The summed E-state index contributed by atoms with van der Waals surface area (Å²) in [5.41, 5.74) is 18.0. The van der Waals surface area contributed by atoms with E-state index in [-0.39, 0.29) is 21.7 Å². The minimum Gasteiger partial charge on any atom is -0.203 e. The second-order valence-corrected chi connectivity index (χ2v) is 33.2. The summed E-state index contributed by atoms with van der Waals surface area (Å²) in [7, 11) is 4.61. The largest absolute Gasteiger partial charge is 0.203 e. The maximum absolute atomic E-state index is 13.2. The number of halogens is 5. The Morgan fingerprint density at radius 1 is 0.199 bits per heavy atom. The van der Waals surface area contributed by atoms with Gasteiger partial charge in [-0.05, 0) is 111 Å². The summed E-state index contributed by atoms with van der Waals surface area (Å²) < 4.78 is 64.6. The number of benzene rings is 10. The molecule has 0 unspecified atom stereocenters. The van der Waals surface area contributed by atoms with Gasteiger partial charge in [-0.15, -0.1) is 5.47 Å². The smallest absolute Gasteiger partial charge is 0.200 e. The number of hydrogen-bond acceptors (Lipinski definition) is 0. The number of allylic oxidation sites excluding steroid dienone is 4. The molecule has 10 aromatic carbocycles. The maximum atomic E-state index is 13.2. The van der Waals surface area contributed by atoms with E-state index in [4.69, 9.17) is 0 Å². The molecule has 0 aromatic heterocycles. The first-order chi connectivity index (χ1) is 69.4. The molecule has 10 aromatic rings. The predicted molar refractivity (Wildman–Crippen MR) is 692 cm³/mol. The molecule has 146 heavy (non-hydrogen) atoms. The zero-order valence-corrected chi connectivity index (χ0v) is 111. The van der Waals surface area contributed by atoms with Gasteiger partial charge in [0.25, 0.3) is 0 Å². The normalized spacial score (nSPS) is 9.46. The van der Waals surface area contributed by atoms with Crippen LogP contribution in [0.3, 0.4) is 0 Å². The molecular formula is C139H253B2F5. The monoisotopic (exact) mass is 2040 g/mol. The van der Waals surface area contributed by atoms with Crippen LogP contribution in [0.4, 0.5) is 22.0 Å². The van der Waals surface area contributed by atoms with Gasteiger partial charge in [-0.3, -0.25) is 0 Å². The van der Waals surface area contributed by atoms with E-state index in [1.54, 1.807) is 0 Å². The van der Waals surface area contributed by atoms with Gasteiger partial charge in [-0.25, -0.2) is 22.0 Å². The minimum absolute atomic E-state index is 0.223. The van der Waals surface area contributed by atoms with Gasteiger partial charge >= 0.3 is 0 Å². The zero-order chi connectivity index (χ0) is 121. The van der Waals surface area contributed by atoms with Crippen LogP contribution >= 0.6 is 0 Å². The third kappa shape index (κ3) is 88.9. The average molecular weight is 2040 g/mol. The Morgan fingerprint density at radius 3 is 0.747 bits per heavy atom. The Kier molecular flexibility index (Phi) is 160. The van der Waals surface area contributed by atoms with Crippen molar-refractivity contribution in [2.45, 2.75) is 520 Å². The van der Waals surface area contributed by atoms with Gasteiger partial charge in [-0.2, -0.15) is 0 Å². The molecular weight excluding hydrogens is 1790 g/mol. The second-order valence-electron chi connectivity index (χ2n) is 33.2. The van der Waals surface area contributed by atoms with Crippen LogP contribution in [-0.4, -0.2) is 14.6 Å². The Morgan fingerprint density at radius 2 is 0.459 bits per heavy atom. The number of rotatable bonds is 1. The van der Waals surface area contributed by atoms with E-state index in [0.29, 0.717) is 10.8 Å². The Balaban J connectivity index is -0.0000000654.